The molecule has 84 valence electrons. The van der Waals surface area contributed by atoms with E-state index in [0.717, 1.165) is 5.56 Å². The quantitative estimate of drug-likeness (QED) is 0.666. The first kappa shape index (κ1) is 11.9. The molecule has 1 aromatic carbocycles. The van der Waals surface area contributed by atoms with Gasteiger partial charge in [-0.2, -0.15) is 0 Å². The summed E-state index contributed by atoms with van der Waals surface area (Å²) in [6.45, 7) is 7.15. The molecule has 1 atom stereocenters. The van der Waals surface area contributed by atoms with Gasteiger partial charge in [0.15, 0.2) is 11.5 Å². The van der Waals surface area contributed by atoms with Crippen LogP contribution in [0.15, 0.2) is 18.2 Å². The van der Waals surface area contributed by atoms with E-state index in [0.29, 0.717) is 18.5 Å². The second-order valence-corrected chi connectivity index (χ2v) is 4.24. The molecule has 0 aliphatic carbocycles. The highest BCUT2D eigenvalue weighted by atomic mass is 16.3. The Labute approximate surface area is 90.8 Å². The number of aromatic hydroxyl groups is 2. The van der Waals surface area contributed by atoms with Crippen molar-refractivity contribution in [3.8, 4) is 11.5 Å². The summed E-state index contributed by atoms with van der Waals surface area (Å²) in [5.74, 6) is 0.442. The van der Waals surface area contributed by atoms with Crippen molar-refractivity contribution in [2.75, 3.05) is 0 Å². The SMILES string of the molecule is CC(C)C(C)NCc1ccc(O)c(O)c1. The molecule has 3 heteroatoms. The molecule has 0 saturated carbocycles. The van der Waals surface area contributed by atoms with Crippen LogP contribution in [0.4, 0.5) is 0 Å². The van der Waals surface area contributed by atoms with Crippen LogP contribution in [0, 0.1) is 5.92 Å². The summed E-state index contributed by atoms with van der Waals surface area (Å²) in [6.07, 6.45) is 0. The van der Waals surface area contributed by atoms with Crippen LogP contribution in [-0.4, -0.2) is 16.3 Å². The first-order valence-corrected chi connectivity index (χ1v) is 5.25. The molecule has 3 nitrogen and oxygen atoms in total. The maximum atomic E-state index is 9.30. The van der Waals surface area contributed by atoms with Gasteiger partial charge in [0.2, 0.25) is 0 Å². The summed E-state index contributed by atoms with van der Waals surface area (Å²) in [7, 11) is 0. The molecule has 3 N–H and O–H groups in total. The molecule has 1 rings (SSSR count). The summed E-state index contributed by atoms with van der Waals surface area (Å²) in [5, 5.41) is 21.8. The lowest BCUT2D eigenvalue weighted by molar-refractivity contribution is 0.400. The highest BCUT2D eigenvalue weighted by molar-refractivity contribution is 5.40. The third-order valence-corrected chi connectivity index (χ3v) is 2.67. The Balaban J connectivity index is 2.55. The second-order valence-electron chi connectivity index (χ2n) is 4.24. The third kappa shape index (κ3) is 3.44. The van der Waals surface area contributed by atoms with Gasteiger partial charge in [0.05, 0.1) is 0 Å². The fourth-order valence-corrected chi connectivity index (χ4v) is 1.19. The van der Waals surface area contributed by atoms with E-state index in [-0.39, 0.29) is 11.5 Å². The van der Waals surface area contributed by atoms with Gasteiger partial charge >= 0.3 is 0 Å². The van der Waals surface area contributed by atoms with Crippen molar-refractivity contribution in [3.05, 3.63) is 23.8 Å². The zero-order chi connectivity index (χ0) is 11.4. The van der Waals surface area contributed by atoms with E-state index in [4.69, 9.17) is 5.11 Å². The molecule has 1 unspecified atom stereocenters. The van der Waals surface area contributed by atoms with E-state index < -0.39 is 0 Å². The predicted molar refractivity (Wildman–Crippen MR) is 60.9 cm³/mol. The van der Waals surface area contributed by atoms with Gasteiger partial charge in [-0.15, -0.1) is 0 Å². The van der Waals surface area contributed by atoms with E-state index in [1.165, 1.54) is 6.07 Å². The number of rotatable bonds is 4. The first-order chi connectivity index (χ1) is 7.00. The Morgan fingerprint density at radius 2 is 1.80 bits per heavy atom. The third-order valence-electron chi connectivity index (χ3n) is 2.67. The summed E-state index contributed by atoms with van der Waals surface area (Å²) in [5.41, 5.74) is 0.970. The van der Waals surface area contributed by atoms with Crippen LogP contribution < -0.4 is 5.32 Å². The van der Waals surface area contributed by atoms with Gasteiger partial charge in [-0.05, 0) is 30.5 Å². The monoisotopic (exact) mass is 209 g/mol. The number of hydrogen-bond acceptors (Lipinski definition) is 3. The Kier molecular flexibility index (Phi) is 3.97. The van der Waals surface area contributed by atoms with Gasteiger partial charge in [-0.1, -0.05) is 19.9 Å². The highest BCUT2D eigenvalue weighted by Gasteiger charge is 2.06. The molecule has 0 aliphatic rings. The summed E-state index contributed by atoms with van der Waals surface area (Å²) in [4.78, 5) is 0. The zero-order valence-corrected chi connectivity index (χ0v) is 9.49. The average Bonchev–Trinajstić information content (AvgIpc) is 2.19. The van der Waals surface area contributed by atoms with Crippen LogP contribution in [0.5, 0.6) is 11.5 Å². The van der Waals surface area contributed by atoms with Crippen molar-refractivity contribution in [2.24, 2.45) is 5.92 Å². The summed E-state index contributed by atoms with van der Waals surface area (Å²) < 4.78 is 0. The van der Waals surface area contributed by atoms with E-state index in [1.807, 2.05) is 0 Å². The smallest absolute Gasteiger partial charge is 0.157 e. The first-order valence-electron chi connectivity index (χ1n) is 5.25. The number of phenols is 2. The van der Waals surface area contributed by atoms with Gasteiger partial charge < -0.3 is 15.5 Å². The average molecular weight is 209 g/mol. The number of nitrogens with one attached hydrogen (secondary N) is 1. The van der Waals surface area contributed by atoms with E-state index >= 15 is 0 Å². The molecule has 0 spiro atoms. The van der Waals surface area contributed by atoms with E-state index in [1.54, 1.807) is 12.1 Å². The zero-order valence-electron chi connectivity index (χ0n) is 9.49. The minimum Gasteiger partial charge on any atom is -0.504 e. The normalized spacial score (nSPS) is 13.1. The van der Waals surface area contributed by atoms with Gasteiger partial charge in [-0.25, -0.2) is 0 Å². The molecule has 0 amide bonds. The molecule has 0 radical (unpaired) electrons. The molecule has 15 heavy (non-hydrogen) atoms. The largest absolute Gasteiger partial charge is 0.504 e. The Morgan fingerprint density at radius 3 is 2.33 bits per heavy atom. The second kappa shape index (κ2) is 5.03. The number of phenolic OH excluding ortho intramolecular Hbond substituents is 2. The molecular weight excluding hydrogens is 190 g/mol. The lowest BCUT2D eigenvalue weighted by Gasteiger charge is -2.17. The van der Waals surface area contributed by atoms with Crippen molar-refractivity contribution in [2.45, 2.75) is 33.4 Å². The molecule has 0 fully saturated rings. The Bertz CT molecular complexity index is 323. The van der Waals surface area contributed by atoms with Crippen LogP contribution in [0.2, 0.25) is 0 Å². The van der Waals surface area contributed by atoms with Crippen LogP contribution in [0.25, 0.3) is 0 Å². The van der Waals surface area contributed by atoms with E-state index in [9.17, 15) is 5.11 Å². The fourth-order valence-electron chi connectivity index (χ4n) is 1.19. The fraction of sp³-hybridized carbons (Fsp3) is 0.500. The van der Waals surface area contributed by atoms with Gasteiger partial charge in [0.1, 0.15) is 0 Å². The topological polar surface area (TPSA) is 52.5 Å². The van der Waals surface area contributed by atoms with Crippen molar-refractivity contribution in [1.29, 1.82) is 0 Å². The standard InChI is InChI=1S/C12H19NO2/c1-8(2)9(3)13-7-10-4-5-11(14)12(15)6-10/h4-6,8-9,13-15H,7H2,1-3H3. The minimum absolute atomic E-state index is 0.0634. The molecule has 0 bridgehead atoms. The molecule has 1 aromatic rings. The van der Waals surface area contributed by atoms with Crippen molar-refractivity contribution < 1.29 is 10.2 Å². The van der Waals surface area contributed by atoms with Gasteiger partial charge in [-0.3, -0.25) is 0 Å². The lowest BCUT2D eigenvalue weighted by Crippen LogP contribution is -2.30. The van der Waals surface area contributed by atoms with E-state index in [2.05, 4.69) is 26.1 Å². The number of benzene rings is 1. The minimum atomic E-state index is -0.0735. The predicted octanol–water partition coefficient (Wildman–Crippen LogP) is 2.23. The Morgan fingerprint density at radius 1 is 1.13 bits per heavy atom. The summed E-state index contributed by atoms with van der Waals surface area (Å²) >= 11 is 0. The van der Waals surface area contributed by atoms with Crippen molar-refractivity contribution in [3.63, 3.8) is 0 Å². The van der Waals surface area contributed by atoms with Crippen LogP contribution >= 0.6 is 0 Å². The molecule has 0 saturated heterocycles. The summed E-state index contributed by atoms with van der Waals surface area (Å²) in [6, 6.07) is 5.32. The molecule has 0 aromatic heterocycles. The van der Waals surface area contributed by atoms with Crippen molar-refractivity contribution in [1.82, 2.24) is 5.32 Å². The van der Waals surface area contributed by atoms with Crippen molar-refractivity contribution >= 4 is 0 Å². The maximum Gasteiger partial charge on any atom is 0.157 e. The van der Waals surface area contributed by atoms with Gasteiger partial charge in [0, 0.05) is 12.6 Å². The maximum absolute atomic E-state index is 9.30. The molecule has 0 heterocycles. The molecule has 0 aliphatic heterocycles. The molecular formula is C12H19NO2. The van der Waals surface area contributed by atoms with Crippen LogP contribution in [0.1, 0.15) is 26.3 Å². The van der Waals surface area contributed by atoms with Gasteiger partial charge in [0.25, 0.3) is 0 Å². The highest BCUT2D eigenvalue weighted by Crippen LogP contribution is 2.24. The number of hydrogen-bond donors (Lipinski definition) is 3. The van der Waals surface area contributed by atoms with Crippen LogP contribution in [-0.2, 0) is 6.54 Å². The lowest BCUT2D eigenvalue weighted by atomic mass is 10.1. The Hall–Kier alpha value is -1.22. The van der Waals surface area contributed by atoms with Crippen LogP contribution in [0.3, 0.4) is 0 Å².